The summed E-state index contributed by atoms with van der Waals surface area (Å²) >= 11 is 0. The lowest BCUT2D eigenvalue weighted by Crippen LogP contribution is -2.19. The van der Waals surface area contributed by atoms with Crippen LogP contribution < -0.4 is 9.64 Å². The quantitative estimate of drug-likeness (QED) is 0.620. The van der Waals surface area contributed by atoms with E-state index < -0.39 is 11.3 Å². The first kappa shape index (κ1) is 16.5. The normalized spacial score (nSPS) is 11.1. The summed E-state index contributed by atoms with van der Waals surface area (Å²) in [5.74, 6) is -0.0540. The van der Waals surface area contributed by atoms with Crippen LogP contribution in [0.15, 0.2) is 36.7 Å². The third-order valence-corrected chi connectivity index (χ3v) is 2.75. The van der Waals surface area contributed by atoms with E-state index in [4.69, 9.17) is 0 Å². The molecule has 2 rings (SSSR count). The van der Waals surface area contributed by atoms with Crippen molar-refractivity contribution < 1.29 is 22.8 Å². The van der Waals surface area contributed by atoms with Gasteiger partial charge in [-0.1, -0.05) is 12.1 Å². The Morgan fingerprint density at radius 1 is 1.22 bits per heavy atom. The van der Waals surface area contributed by atoms with Crippen LogP contribution >= 0.6 is 0 Å². The number of hydrogen-bond acceptors (Lipinski definition) is 6. The molecule has 7 nitrogen and oxygen atoms in total. The van der Waals surface area contributed by atoms with Gasteiger partial charge < -0.3 is 9.64 Å². The highest BCUT2D eigenvalue weighted by molar-refractivity contribution is 5.35. The molecule has 1 heterocycles. The highest BCUT2D eigenvalue weighted by atomic mass is 19.4. The summed E-state index contributed by atoms with van der Waals surface area (Å²) in [5, 5.41) is 10.5. The second-order valence-electron chi connectivity index (χ2n) is 4.55. The molecule has 0 N–H and O–H groups in total. The third-order valence-electron chi connectivity index (χ3n) is 2.75. The fourth-order valence-electron chi connectivity index (χ4n) is 1.75. The van der Waals surface area contributed by atoms with Crippen LogP contribution in [0.25, 0.3) is 0 Å². The zero-order valence-corrected chi connectivity index (χ0v) is 11.8. The number of aromatic nitrogens is 2. The standard InChI is InChI=1S/C13H11F3N4O3/c1-19(12-17-6-10(7-18-12)20(21)22)8-9-2-4-11(5-3-9)23-13(14,15)16/h2-7H,8H2,1H3. The molecular formula is C13H11F3N4O3. The number of anilines is 1. The number of nitro groups is 1. The van der Waals surface area contributed by atoms with E-state index in [0.717, 1.165) is 12.4 Å². The van der Waals surface area contributed by atoms with Crippen LogP contribution in [0, 0.1) is 10.1 Å². The predicted octanol–water partition coefficient (Wildman–Crippen LogP) is 2.92. The minimum atomic E-state index is -4.73. The first-order valence-electron chi connectivity index (χ1n) is 6.27. The zero-order chi connectivity index (χ0) is 17.0. The van der Waals surface area contributed by atoms with E-state index in [1.165, 1.54) is 24.3 Å². The summed E-state index contributed by atoms with van der Waals surface area (Å²) in [6.07, 6.45) is -2.57. The van der Waals surface area contributed by atoms with Gasteiger partial charge in [0.1, 0.15) is 18.1 Å². The smallest absolute Gasteiger partial charge is 0.406 e. The van der Waals surface area contributed by atoms with Crippen molar-refractivity contribution in [3.05, 3.63) is 52.3 Å². The van der Waals surface area contributed by atoms with Crippen LogP contribution in [0.1, 0.15) is 5.56 Å². The molecule has 0 fully saturated rings. The van der Waals surface area contributed by atoms with E-state index in [2.05, 4.69) is 14.7 Å². The molecular weight excluding hydrogens is 317 g/mol. The van der Waals surface area contributed by atoms with Crippen molar-refractivity contribution in [3.63, 3.8) is 0 Å². The minimum absolute atomic E-state index is 0.226. The van der Waals surface area contributed by atoms with Gasteiger partial charge in [0, 0.05) is 13.6 Å². The van der Waals surface area contributed by atoms with Gasteiger partial charge in [-0.3, -0.25) is 10.1 Å². The molecule has 0 radical (unpaired) electrons. The molecule has 0 atom stereocenters. The number of benzene rings is 1. The molecule has 23 heavy (non-hydrogen) atoms. The van der Waals surface area contributed by atoms with Crippen molar-refractivity contribution in [2.45, 2.75) is 12.9 Å². The minimum Gasteiger partial charge on any atom is -0.406 e. The largest absolute Gasteiger partial charge is 0.573 e. The molecule has 2 aromatic rings. The maximum Gasteiger partial charge on any atom is 0.573 e. The first-order chi connectivity index (χ1) is 10.7. The van der Waals surface area contributed by atoms with Crippen LogP contribution in [0.3, 0.4) is 0 Å². The number of alkyl halides is 3. The Morgan fingerprint density at radius 2 is 1.78 bits per heavy atom. The molecule has 1 aromatic carbocycles. The molecule has 0 aliphatic heterocycles. The topological polar surface area (TPSA) is 81.4 Å². The zero-order valence-electron chi connectivity index (χ0n) is 11.8. The predicted molar refractivity (Wildman–Crippen MR) is 73.9 cm³/mol. The highest BCUT2D eigenvalue weighted by Crippen LogP contribution is 2.23. The molecule has 0 aliphatic rings. The highest BCUT2D eigenvalue weighted by Gasteiger charge is 2.30. The van der Waals surface area contributed by atoms with Gasteiger partial charge in [0.2, 0.25) is 5.95 Å². The van der Waals surface area contributed by atoms with Gasteiger partial charge in [-0.2, -0.15) is 0 Å². The summed E-state index contributed by atoms with van der Waals surface area (Å²) in [6.45, 7) is 0.310. The Hall–Kier alpha value is -2.91. The summed E-state index contributed by atoms with van der Waals surface area (Å²) in [5.41, 5.74) is 0.472. The van der Waals surface area contributed by atoms with Crippen molar-refractivity contribution in [2.24, 2.45) is 0 Å². The van der Waals surface area contributed by atoms with Crippen LogP contribution in [-0.4, -0.2) is 28.3 Å². The molecule has 0 unspecified atom stereocenters. The number of hydrogen-bond donors (Lipinski definition) is 0. The fourth-order valence-corrected chi connectivity index (χ4v) is 1.75. The molecule has 0 saturated carbocycles. The molecule has 10 heteroatoms. The van der Waals surface area contributed by atoms with E-state index >= 15 is 0 Å². The van der Waals surface area contributed by atoms with E-state index in [9.17, 15) is 23.3 Å². The lowest BCUT2D eigenvalue weighted by Gasteiger charge is -2.17. The second-order valence-corrected chi connectivity index (χ2v) is 4.55. The van der Waals surface area contributed by atoms with Crippen LogP contribution in [0.2, 0.25) is 0 Å². The number of rotatable bonds is 5. The SMILES string of the molecule is CN(Cc1ccc(OC(F)(F)F)cc1)c1ncc([N+](=O)[O-])cn1. The molecule has 0 bridgehead atoms. The van der Waals surface area contributed by atoms with Gasteiger partial charge >= 0.3 is 12.0 Å². The van der Waals surface area contributed by atoms with Crippen molar-refractivity contribution in [1.29, 1.82) is 0 Å². The average molecular weight is 328 g/mol. The fraction of sp³-hybridized carbons (Fsp3) is 0.231. The van der Waals surface area contributed by atoms with Gasteiger partial charge in [-0.05, 0) is 17.7 Å². The Kier molecular flexibility index (Phi) is 4.63. The van der Waals surface area contributed by atoms with Crippen LogP contribution in [0.5, 0.6) is 5.75 Å². The average Bonchev–Trinajstić information content (AvgIpc) is 2.48. The third kappa shape index (κ3) is 4.80. The van der Waals surface area contributed by atoms with Gasteiger partial charge in [0.15, 0.2) is 0 Å². The van der Waals surface area contributed by atoms with E-state index in [-0.39, 0.29) is 17.4 Å². The monoisotopic (exact) mass is 328 g/mol. The van der Waals surface area contributed by atoms with Crippen molar-refractivity contribution in [3.8, 4) is 5.75 Å². The van der Waals surface area contributed by atoms with Gasteiger partial charge in [0.05, 0.1) is 4.92 Å². The summed E-state index contributed by atoms with van der Waals surface area (Å²) < 4.78 is 40.0. The first-order valence-corrected chi connectivity index (χ1v) is 6.27. The number of nitrogens with zero attached hydrogens (tertiary/aromatic N) is 4. The molecule has 122 valence electrons. The Morgan fingerprint density at radius 3 is 2.26 bits per heavy atom. The summed E-state index contributed by atoms with van der Waals surface area (Å²) in [7, 11) is 1.65. The van der Waals surface area contributed by atoms with Crippen molar-refractivity contribution in [1.82, 2.24) is 9.97 Å². The van der Waals surface area contributed by atoms with Gasteiger partial charge in [-0.25, -0.2) is 9.97 Å². The Balaban J connectivity index is 2.02. The summed E-state index contributed by atoms with van der Waals surface area (Å²) in [4.78, 5) is 19.2. The van der Waals surface area contributed by atoms with E-state index in [0.29, 0.717) is 12.1 Å². The Labute approximate surface area is 128 Å². The lowest BCUT2D eigenvalue weighted by atomic mass is 10.2. The Bertz CT molecular complexity index is 674. The maximum atomic E-state index is 12.1. The molecule has 0 aliphatic carbocycles. The van der Waals surface area contributed by atoms with E-state index in [1.807, 2.05) is 0 Å². The second kappa shape index (κ2) is 6.46. The van der Waals surface area contributed by atoms with Gasteiger partial charge in [-0.15, -0.1) is 13.2 Å². The van der Waals surface area contributed by atoms with Gasteiger partial charge in [0.25, 0.3) is 0 Å². The van der Waals surface area contributed by atoms with Crippen LogP contribution in [0.4, 0.5) is 24.8 Å². The molecule has 1 aromatic heterocycles. The lowest BCUT2D eigenvalue weighted by molar-refractivity contribution is -0.385. The molecule has 0 spiro atoms. The maximum absolute atomic E-state index is 12.1. The van der Waals surface area contributed by atoms with E-state index in [1.54, 1.807) is 11.9 Å². The van der Waals surface area contributed by atoms with Crippen molar-refractivity contribution >= 4 is 11.6 Å². The van der Waals surface area contributed by atoms with Crippen molar-refractivity contribution in [2.75, 3.05) is 11.9 Å². The number of halogens is 3. The number of ether oxygens (including phenoxy) is 1. The molecule has 0 amide bonds. The molecule has 0 saturated heterocycles. The van der Waals surface area contributed by atoms with Crippen LogP contribution in [-0.2, 0) is 6.54 Å². The summed E-state index contributed by atoms with van der Waals surface area (Å²) in [6, 6.07) is 5.35.